The summed E-state index contributed by atoms with van der Waals surface area (Å²) in [6.07, 6.45) is 1.17. The molecule has 0 radical (unpaired) electrons. The normalized spacial score (nSPS) is 10.2. The van der Waals surface area contributed by atoms with E-state index in [4.69, 9.17) is 16.3 Å². The minimum atomic E-state index is -0.432. The second-order valence-corrected chi connectivity index (χ2v) is 2.64. The van der Waals surface area contributed by atoms with Crippen molar-refractivity contribution in [2.75, 3.05) is 0 Å². The predicted octanol–water partition coefficient (Wildman–Crippen LogP) is 2.48. The lowest BCUT2D eigenvalue weighted by Crippen LogP contribution is -1.99. The van der Waals surface area contributed by atoms with Gasteiger partial charge in [-0.15, -0.1) is 0 Å². The van der Waals surface area contributed by atoms with Crippen LogP contribution < -0.4 is 0 Å². The average molecular weight is 197 g/mol. The van der Waals surface area contributed by atoms with E-state index in [2.05, 4.69) is 0 Å². The molecule has 0 atom stereocenters. The zero-order chi connectivity index (χ0) is 9.52. The van der Waals surface area contributed by atoms with Gasteiger partial charge in [-0.1, -0.05) is 41.9 Å². The van der Waals surface area contributed by atoms with Gasteiger partial charge in [0.1, 0.15) is 6.61 Å². The molecule has 0 fully saturated rings. The summed E-state index contributed by atoms with van der Waals surface area (Å²) < 4.78 is 4.86. The molecule has 1 aromatic rings. The van der Waals surface area contributed by atoms with Crippen LogP contribution in [0.3, 0.4) is 0 Å². The van der Waals surface area contributed by atoms with Crippen molar-refractivity contribution < 1.29 is 9.53 Å². The summed E-state index contributed by atoms with van der Waals surface area (Å²) in [5.41, 5.74) is 2.09. The summed E-state index contributed by atoms with van der Waals surface area (Å²) in [7, 11) is 0. The lowest BCUT2D eigenvalue weighted by Gasteiger charge is -2.00. The largest absolute Gasteiger partial charge is 0.458 e. The Balaban J connectivity index is 2.40. The molecule has 0 aromatic heterocycles. The van der Waals surface area contributed by atoms with E-state index in [1.807, 2.05) is 30.3 Å². The van der Waals surface area contributed by atoms with Crippen LogP contribution in [0.2, 0.25) is 0 Å². The van der Waals surface area contributed by atoms with Crippen LogP contribution in [-0.2, 0) is 16.1 Å². The quantitative estimate of drug-likeness (QED) is 0.549. The van der Waals surface area contributed by atoms with Crippen molar-refractivity contribution in [1.29, 1.82) is 0 Å². The fraction of sp³-hybridized carbons (Fsp3) is 0.100. The van der Waals surface area contributed by atoms with Gasteiger partial charge >= 0.3 is 5.97 Å². The summed E-state index contributed by atoms with van der Waals surface area (Å²) in [5.74, 6) is -0.432. The Morgan fingerprint density at radius 1 is 1.38 bits per heavy atom. The summed E-state index contributed by atoms with van der Waals surface area (Å²) in [6, 6.07) is 9.46. The molecule has 68 valence electrons. The van der Waals surface area contributed by atoms with E-state index in [0.29, 0.717) is 0 Å². The fourth-order valence-corrected chi connectivity index (χ4v) is 0.931. The fourth-order valence-electron chi connectivity index (χ4n) is 0.828. The summed E-state index contributed by atoms with van der Waals surface area (Å²) >= 11 is 5.20. The number of rotatable bonds is 3. The summed E-state index contributed by atoms with van der Waals surface area (Å²) in [5, 5.41) is 0. The van der Waals surface area contributed by atoms with E-state index in [1.54, 1.807) is 0 Å². The molecule has 3 heteroatoms. The molecule has 2 nitrogen and oxygen atoms in total. The smallest absolute Gasteiger partial charge is 0.331 e. The molecule has 0 saturated carbocycles. The second-order valence-electron chi connectivity index (χ2n) is 2.39. The van der Waals surface area contributed by atoms with Gasteiger partial charge in [-0.2, -0.15) is 0 Å². The lowest BCUT2D eigenvalue weighted by molar-refractivity contribution is -0.138. The maximum Gasteiger partial charge on any atom is 0.331 e. The van der Waals surface area contributed by atoms with Crippen LogP contribution >= 0.6 is 11.6 Å². The van der Waals surface area contributed by atoms with E-state index in [0.717, 1.165) is 11.1 Å². The van der Waals surface area contributed by atoms with Gasteiger partial charge in [0.05, 0.1) is 0 Å². The number of halogens is 1. The first-order valence-electron chi connectivity index (χ1n) is 3.80. The van der Waals surface area contributed by atoms with Crippen LogP contribution in [0.4, 0.5) is 0 Å². The Kier molecular flexibility index (Phi) is 4.06. The molecule has 0 unspecified atom stereocenters. The third-order valence-corrected chi connectivity index (χ3v) is 1.55. The molecule has 1 rings (SSSR count). The van der Waals surface area contributed by atoms with Gasteiger partial charge in [0.15, 0.2) is 0 Å². The van der Waals surface area contributed by atoms with Crippen LogP contribution in [-0.4, -0.2) is 5.97 Å². The van der Waals surface area contributed by atoms with Crippen molar-refractivity contribution in [2.45, 2.75) is 6.61 Å². The lowest BCUT2D eigenvalue weighted by atomic mass is 10.2. The zero-order valence-electron chi connectivity index (χ0n) is 6.94. The van der Waals surface area contributed by atoms with Gasteiger partial charge in [-0.25, -0.2) is 4.79 Å². The Morgan fingerprint density at radius 2 is 2.08 bits per heavy atom. The highest BCUT2D eigenvalue weighted by molar-refractivity contribution is 6.26. The number of carbonyl (C=O) groups excluding carboxylic acids is 1. The Hall–Kier alpha value is -1.28. The molecular formula is C10H9ClO2. The minimum absolute atomic E-state index is 0.279. The molecule has 13 heavy (non-hydrogen) atoms. The van der Waals surface area contributed by atoms with Crippen LogP contribution in [0, 0.1) is 0 Å². The van der Waals surface area contributed by atoms with Crippen LogP contribution in [0.5, 0.6) is 0 Å². The monoisotopic (exact) mass is 196 g/mol. The standard InChI is InChI=1S/C10H9ClO2/c11-7-6-10(12)13-8-9-4-2-1-3-5-9/h1-7H,8H2/b7-6+. The highest BCUT2D eigenvalue weighted by Gasteiger charge is 1.96. The molecule has 1 aromatic carbocycles. The highest BCUT2D eigenvalue weighted by atomic mass is 35.5. The minimum Gasteiger partial charge on any atom is -0.458 e. The number of carbonyl (C=O) groups is 1. The topological polar surface area (TPSA) is 26.3 Å². The zero-order valence-corrected chi connectivity index (χ0v) is 7.70. The third-order valence-electron chi connectivity index (χ3n) is 1.42. The molecule has 0 heterocycles. The van der Waals surface area contributed by atoms with Crippen LogP contribution in [0.15, 0.2) is 41.9 Å². The molecule has 0 bridgehead atoms. The highest BCUT2D eigenvalue weighted by Crippen LogP contribution is 2.00. The molecule has 0 spiro atoms. The van der Waals surface area contributed by atoms with Crippen molar-refractivity contribution in [3.8, 4) is 0 Å². The maximum absolute atomic E-state index is 10.8. The first kappa shape index (κ1) is 9.81. The molecule has 0 amide bonds. The number of esters is 1. The Bertz CT molecular complexity index is 293. The van der Waals surface area contributed by atoms with Crippen molar-refractivity contribution in [2.24, 2.45) is 0 Å². The molecule has 0 saturated heterocycles. The van der Waals surface area contributed by atoms with E-state index in [9.17, 15) is 4.79 Å². The average Bonchev–Trinajstić information content (AvgIpc) is 2.17. The molecule has 0 aliphatic carbocycles. The number of hydrogen-bond donors (Lipinski definition) is 0. The first-order valence-corrected chi connectivity index (χ1v) is 4.24. The van der Waals surface area contributed by atoms with Crippen molar-refractivity contribution >= 4 is 17.6 Å². The van der Waals surface area contributed by atoms with Crippen molar-refractivity contribution in [3.05, 3.63) is 47.5 Å². The van der Waals surface area contributed by atoms with Gasteiger partial charge in [-0.3, -0.25) is 0 Å². The van der Waals surface area contributed by atoms with E-state index >= 15 is 0 Å². The molecule has 0 N–H and O–H groups in total. The summed E-state index contributed by atoms with van der Waals surface area (Å²) in [6.45, 7) is 0.279. The van der Waals surface area contributed by atoms with Crippen molar-refractivity contribution in [1.82, 2.24) is 0 Å². The Morgan fingerprint density at radius 3 is 2.69 bits per heavy atom. The van der Waals surface area contributed by atoms with Gasteiger partial charge < -0.3 is 4.74 Å². The first-order chi connectivity index (χ1) is 6.33. The molecular weight excluding hydrogens is 188 g/mol. The van der Waals surface area contributed by atoms with Crippen LogP contribution in [0.1, 0.15) is 5.56 Å². The summed E-state index contributed by atoms with van der Waals surface area (Å²) in [4.78, 5) is 10.8. The number of hydrogen-bond acceptors (Lipinski definition) is 2. The predicted molar refractivity (Wildman–Crippen MR) is 51.2 cm³/mol. The number of ether oxygens (including phenoxy) is 1. The van der Waals surface area contributed by atoms with Crippen LogP contribution in [0.25, 0.3) is 0 Å². The van der Waals surface area contributed by atoms with E-state index in [1.165, 1.54) is 6.08 Å². The van der Waals surface area contributed by atoms with Gasteiger partial charge in [0.25, 0.3) is 0 Å². The van der Waals surface area contributed by atoms with Crippen molar-refractivity contribution in [3.63, 3.8) is 0 Å². The SMILES string of the molecule is O=C(/C=C/Cl)OCc1ccccc1. The van der Waals surface area contributed by atoms with Gasteiger partial charge in [0.2, 0.25) is 0 Å². The number of benzene rings is 1. The molecule has 0 aliphatic rings. The second kappa shape index (κ2) is 5.38. The van der Waals surface area contributed by atoms with Gasteiger partial charge in [-0.05, 0) is 5.56 Å². The van der Waals surface area contributed by atoms with E-state index in [-0.39, 0.29) is 6.61 Å². The van der Waals surface area contributed by atoms with Gasteiger partial charge in [0, 0.05) is 11.6 Å². The Labute approximate surface area is 81.8 Å². The maximum atomic E-state index is 10.8. The molecule has 0 aliphatic heterocycles. The van der Waals surface area contributed by atoms with E-state index < -0.39 is 5.97 Å². The third kappa shape index (κ3) is 3.76.